The average molecular weight is 287 g/mol. The van der Waals surface area contributed by atoms with Crippen molar-refractivity contribution in [2.45, 2.75) is 19.5 Å². The standard InChI is InChI=1S/C15H17N3O3/c1-11(13-5-3-4-6-14(13)18(19)20)17-10-12-7-8-16-15(9-12)21-2/h3-9,11,17H,10H2,1-2H3. The van der Waals surface area contributed by atoms with Gasteiger partial charge in [-0.1, -0.05) is 18.2 Å². The second-order valence-corrected chi connectivity index (χ2v) is 4.62. The Bertz CT molecular complexity index is 631. The van der Waals surface area contributed by atoms with Crippen LogP contribution in [0.4, 0.5) is 5.69 Å². The lowest BCUT2D eigenvalue weighted by atomic mass is 10.1. The second kappa shape index (κ2) is 6.81. The number of pyridine rings is 1. The number of rotatable bonds is 6. The lowest BCUT2D eigenvalue weighted by molar-refractivity contribution is -0.385. The number of nitro groups is 1. The fourth-order valence-electron chi connectivity index (χ4n) is 2.07. The lowest BCUT2D eigenvalue weighted by Gasteiger charge is -2.14. The van der Waals surface area contributed by atoms with Gasteiger partial charge < -0.3 is 10.1 Å². The van der Waals surface area contributed by atoms with Crippen molar-refractivity contribution >= 4 is 5.69 Å². The van der Waals surface area contributed by atoms with Crippen LogP contribution in [0.15, 0.2) is 42.6 Å². The van der Waals surface area contributed by atoms with Crippen molar-refractivity contribution in [3.05, 3.63) is 63.8 Å². The fourth-order valence-corrected chi connectivity index (χ4v) is 2.07. The molecule has 1 aromatic carbocycles. The number of hydrogen-bond donors (Lipinski definition) is 1. The Morgan fingerprint density at radius 3 is 2.86 bits per heavy atom. The highest BCUT2D eigenvalue weighted by atomic mass is 16.6. The molecule has 110 valence electrons. The Balaban J connectivity index is 2.08. The van der Waals surface area contributed by atoms with Crippen LogP contribution in [-0.2, 0) is 6.54 Å². The maximum Gasteiger partial charge on any atom is 0.274 e. The first kappa shape index (κ1) is 14.9. The summed E-state index contributed by atoms with van der Waals surface area (Å²) in [6.07, 6.45) is 1.67. The predicted octanol–water partition coefficient (Wildman–Crippen LogP) is 2.85. The van der Waals surface area contributed by atoms with Crippen LogP contribution in [0, 0.1) is 10.1 Å². The summed E-state index contributed by atoms with van der Waals surface area (Å²) >= 11 is 0. The Labute approximate surface area is 122 Å². The Morgan fingerprint density at radius 1 is 1.38 bits per heavy atom. The molecule has 21 heavy (non-hydrogen) atoms. The second-order valence-electron chi connectivity index (χ2n) is 4.62. The molecule has 6 nitrogen and oxygen atoms in total. The summed E-state index contributed by atoms with van der Waals surface area (Å²) < 4.78 is 5.07. The van der Waals surface area contributed by atoms with Crippen molar-refractivity contribution in [3.63, 3.8) is 0 Å². The van der Waals surface area contributed by atoms with Crippen LogP contribution in [0.25, 0.3) is 0 Å². The van der Waals surface area contributed by atoms with Crippen LogP contribution in [0.1, 0.15) is 24.1 Å². The quantitative estimate of drug-likeness (QED) is 0.653. The molecule has 0 saturated carbocycles. The number of nitrogens with one attached hydrogen (secondary N) is 1. The minimum atomic E-state index is -0.358. The van der Waals surface area contributed by atoms with Crippen molar-refractivity contribution in [1.29, 1.82) is 0 Å². The smallest absolute Gasteiger partial charge is 0.274 e. The van der Waals surface area contributed by atoms with Crippen molar-refractivity contribution < 1.29 is 9.66 Å². The van der Waals surface area contributed by atoms with E-state index < -0.39 is 0 Å². The van der Waals surface area contributed by atoms with Crippen molar-refractivity contribution in [1.82, 2.24) is 10.3 Å². The SMILES string of the molecule is COc1cc(CNC(C)c2ccccc2[N+](=O)[O-])ccn1. The first-order valence-corrected chi connectivity index (χ1v) is 6.57. The summed E-state index contributed by atoms with van der Waals surface area (Å²) in [4.78, 5) is 14.7. The van der Waals surface area contributed by atoms with E-state index in [1.54, 1.807) is 31.5 Å². The molecule has 1 heterocycles. The molecule has 0 spiro atoms. The van der Waals surface area contributed by atoms with Gasteiger partial charge in [0.2, 0.25) is 5.88 Å². The van der Waals surface area contributed by atoms with Crippen molar-refractivity contribution in [2.75, 3.05) is 7.11 Å². The van der Waals surface area contributed by atoms with Gasteiger partial charge in [-0.25, -0.2) is 4.98 Å². The normalized spacial score (nSPS) is 11.9. The fraction of sp³-hybridized carbons (Fsp3) is 0.267. The third-order valence-electron chi connectivity index (χ3n) is 3.22. The average Bonchev–Trinajstić information content (AvgIpc) is 2.52. The van der Waals surface area contributed by atoms with E-state index in [9.17, 15) is 10.1 Å². The van der Waals surface area contributed by atoms with Gasteiger partial charge in [0.25, 0.3) is 5.69 Å². The van der Waals surface area contributed by atoms with Gasteiger partial charge in [-0.3, -0.25) is 10.1 Å². The van der Waals surface area contributed by atoms with Crippen LogP contribution < -0.4 is 10.1 Å². The van der Waals surface area contributed by atoms with Crippen molar-refractivity contribution in [2.24, 2.45) is 0 Å². The summed E-state index contributed by atoms with van der Waals surface area (Å²) in [5.41, 5.74) is 1.81. The number of nitrogens with zero attached hydrogens (tertiary/aromatic N) is 2. The highest BCUT2D eigenvalue weighted by Crippen LogP contribution is 2.24. The van der Waals surface area contributed by atoms with Gasteiger partial charge in [-0.05, 0) is 18.6 Å². The maximum atomic E-state index is 11.0. The summed E-state index contributed by atoms with van der Waals surface area (Å²) in [5, 5.41) is 14.3. The van der Waals surface area contributed by atoms with Crippen LogP contribution >= 0.6 is 0 Å². The van der Waals surface area contributed by atoms with E-state index in [1.807, 2.05) is 19.1 Å². The van der Waals surface area contributed by atoms with Crippen molar-refractivity contribution in [3.8, 4) is 5.88 Å². The first-order chi connectivity index (χ1) is 10.1. The van der Waals surface area contributed by atoms with Gasteiger partial charge in [0, 0.05) is 36.5 Å². The molecule has 0 aliphatic carbocycles. The van der Waals surface area contributed by atoms with Crippen LogP contribution in [-0.4, -0.2) is 17.0 Å². The van der Waals surface area contributed by atoms with Crippen LogP contribution in [0.5, 0.6) is 5.88 Å². The van der Waals surface area contributed by atoms with Gasteiger partial charge in [0.1, 0.15) is 0 Å². The lowest BCUT2D eigenvalue weighted by Crippen LogP contribution is -2.19. The maximum absolute atomic E-state index is 11.0. The van der Waals surface area contributed by atoms with E-state index in [4.69, 9.17) is 4.74 Å². The number of hydrogen-bond acceptors (Lipinski definition) is 5. The summed E-state index contributed by atoms with van der Waals surface area (Å²) in [5.74, 6) is 0.549. The van der Waals surface area contributed by atoms with Gasteiger partial charge >= 0.3 is 0 Å². The third kappa shape index (κ3) is 3.76. The number of nitro benzene ring substituents is 1. The summed E-state index contributed by atoms with van der Waals surface area (Å²) in [6.45, 7) is 2.48. The highest BCUT2D eigenvalue weighted by Gasteiger charge is 2.17. The molecule has 0 radical (unpaired) electrons. The van der Waals surface area contributed by atoms with Gasteiger partial charge in [-0.2, -0.15) is 0 Å². The Kier molecular flexibility index (Phi) is 4.84. The van der Waals surface area contributed by atoms with Gasteiger partial charge in [-0.15, -0.1) is 0 Å². The predicted molar refractivity (Wildman–Crippen MR) is 79.1 cm³/mol. The van der Waals surface area contributed by atoms with E-state index in [-0.39, 0.29) is 16.7 Å². The molecule has 1 aromatic heterocycles. The van der Waals surface area contributed by atoms with Crippen LogP contribution in [0.3, 0.4) is 0 Å². The zero-order valence-electron chi connectivity index (χ0n) is 11.9. The van der Waals surface area contributed by atoms with Gasteiger partial charge in [0.05, 0.1) is 12.0 Å². The zero-order valence-corrected chi connectivity index (χ0v) is 11.9. The van der Waals surface area contributed by atoms with E-state index in [0.717, 1.165) is 5.56 Å². The molecule has 0 amide bonds. The number of ether oxygens (including phenoxy) is 1. The van der Waals surface area contributed by atoms with E-state index in [1.165, 1.54) is 6.07 Å². The zero-order chi connectivity index (χ0) is 15.2. The monoisotopic (exact) mass is 287 g/mol. The number of methoxy groups -OCH3 is 1. The molecule has 2 rings (SSSR count). The Morgan fingerprint density at radius 2 is 2.14 bits per heavy atom. The largest absolute Gasteiger partial charge is 0.481 e. The minimum absolute atomic E-state index is 0.129. The molecular formula is C15H17N3O3. The van der Waals surface area contributed by atoms with Gasteiger partial charge in [0.15, 0.2) is 0 Å². The number of para-hydroxylation sites is 1. The van der Waals surface area contributed by atoms with E-state index >= 15 is 0 Å². The molecular weight excluding hydrogens is 270 g/mol. The first-order valence-electron chi connectivity index (χ1n) is 6.57. The summed E-state index contributed by atoms with van der Waals surface area (Å²) in [7, 11) is 1.56. The summed E-state index contributed by atoms with van der Waals surface area (Å²) in [6, 6.07) is 10.3. The molecule has 0 bridgehead atoms. The highest BCUT2D eigenvalue weighted by molar-refractivity contribution is 5.41. The molecule has 2 aromatic rings. The van der Waals surface area contributed by atoms with Crippen LogP contribution in [0.2, 0.25) is 0 Å². The molecule has 0 aliphatic heterocycles. The number of aromatic nitrogens is 1. The molecule has 6 heteroatoms. The topological polar surface area (TPSA) is 77.3 Å². The number of benzene rings is 1. The van der Waals surface area contributed by atoms with E-state index in [0.29, 0.717) is 18.0 Å². The molecule has 1 atom stereocenters. The molecule has 0 saturated heterocycles. The Hall–Kier alpha value is -2.47. The molecule has 0 aliphatic rings. The third-order valence-corrected chi connectivity index (χ3v) is 3.22. The molecule has 0 fully saturated rings. The minimum Gasteiger partial charge on any atom is -0.481 e. The molecule has 1 unspecified atom stereocenters. The molecule has 1 N–H and O–H groups in total. The van der Waals surface area contributed by atoms with E-state index in [2.05, 4.69) is 10.3 Å².